The highest BCUT2D eigenvalue weighted by atomic mass is 32.2. The van der Waals surface area contributed by atoms with Crippen LogP contribution in [0.4, 0.5) is 0 Å². The van der Waals surface area contributed by atoms with Gasteiger partial charge < -0.3 is 14.9 Å². The summed E-state index contributed by atoms with van der Waals surface area (Å²) >= 11 is 1.28. The van der Waals surface area contributed by atoms with Gasteiger partial charge in [-0.05, 0) is 46.5 Å². The van der Waals surface area contributed by atoms with Crippen molar-refractivity contribution in [1.82, 2.24) is 9.80 Å². The van der Waals surface area contributed by atoms with Gasteiger partial charge >= 0.3 is 11.9 Å². The van der Waals surface area contributed by atoms with Crippen molar-refractivity contribution in [1.29, 1.82) is 0 Å². The van der Waals surface area contributed by atoms with E-state index < -0.39 is 59.0 Å². The average Bonchev–Trinajstić information content (AvgIpc) is 3.25. The van der Waals surface area contributed by atoms with Crippen molar-refractivity contribution >= 4 is 58.1 Å². The molecule has 58 heavy (non-hydrogen) atoms. The number of ether oxygens (including phenoxy) is 1. The molecule has 12 heteroatoms. The number of hydrogen-bond donors (Lipinski definition) is 2. The van der Waals surface area contributed by atoms with E-state index in [4.69, 9.17) is 4.74 Å². The zero-order valence-corrected chi connectivity index (χ0v) is 31.5. The zero-order chi connectivity index (χ0) is 40.6. The monoisotopic (exact) mass is 790 g/mol. The van der Waals surface area contributed by atoms with Gasteiger partial charge in [-0.1, -0.05) is 121 Å². The summed E-state index contributed by atoms with van der Waals surface area (Å²) in [7, 11) is 0. The number of carbonyl (C=O) groups is 6. The lowest BCUT2D eigenvalue weighted by Gasteiger charge is -2.38. The second-order valence-electron chi connectivity index (χ2n) is 13.8. The molecule has 2 atom stereocenters. The Hall–Kier alpha value is -6.89. The second-order valence-corrected chi connectivity index (χ2v) is 15.1. The first kappa shape index (κ1) is 38.0. The maximum atomic E-state index is 14.4. The molecule has 8 rings (SSSR count). The highest BCUT2D eigenvalue weighted by Gasteiger charge is 2.47. The minimum atomic E-state index is -1.68. The van der Waals surface area contributed by atoms with Crippen LogP contribution in [0.15, 0.2) is 146 Å². The quantitative estimate of drug-likeness (QED) is 0.0880. The van der Waals surface area contributed by atoms with Crippen LogP contribution in [0.5, 0.6) is 0 Å². The van der Waals surface area contributed by atoms with E-state index in [-0.39, 0.29) is 45.4 Å². The number of carboxylic acid groups (broad SMARTS) is 2. The van der Waals surface area contributed by atoms with Gasteiger partial charge in [-0.15, -0.1) is 11.8 Å². The molecule has 288 valence electrons. The molecule has 0 saturated heterocycles. The van der Waals surface area contributed by atoms with Crippen LogP contribution in [0.3, 0.4) is 0 Å². The van der Waals surface area contributed by atoms with Crippen molar-refractivity contribution in [3.8, 4) is 0 Å². The summed E-state index contributed by atoms with van der Waals surface area (Å²) in [5, 5.41) is 21.0. The number of nitrogens with zero attached hydrogens (tertiary/aromatic N) is 2. The third kappa shape index (κ3) is 6.42. The number of thioether (sulfide) groups is 1. The maximum Gasteiger partial charge on any atom is 0.329 e. The van der Waals surface area contributed by atoms with Crippen molar-refractivity contribution in [2.45, 2.75) is 23.4 Å². The van der Waals surface area contributed by atoms with Crippen LogP contribution in [0.2, 0.25) is 0 Å². The lowest BCUT2D eigenvalue weighted by Crippen LogP contribution is -2.54. The van der Waals surface area contributed by atoms with E-state index in [1.165, 1.54) is 36.0 Å². The molecule has 4 amide bonds. The third-order valence-electron chi connectivity index (χ3n) is 10.5. The van der Waals surface area contributed by atoms with Gasteiger partial charge in [0.2, 0.25) is 0 Å². The molecule has 2 heterocycles. The normalized spacial score (nSPS) is 14.8. The Morgan fingerprint density at radius 1 is 0.517 bits per heavy atom. The molecule has 6 aromatic carbocycles. The van der Waals surface area contributed by atoms with Crippen LogP contribution < -0.4 is 0 Å². The fraction of sp³-hybridized carbons (Fsp3) is 0.130. The molecule has 6 aromatic rings. The van der Waals surface area contributed by atoms with Crippen LogP contribution in [-0.2, 0) is 25.7 Å². The van der Waals surface area contributed by atoms with E-state index in [9.17, 15) is 39.0 Å². The highest BCUT2D eigenvalue weighted by Crippen LogP contribution is 2.49. The lowest BCUT2D eigenvalue weighted by molar-refractivity contribution is -0.144. The molecule has 2 aliphatic heterocycles. The molecule has 0 aliphatic carbocycles. The average molecular weight is 791 g/mol. The number of carbonyl (C=O) groups excluding carboxylic acids is 4. The molecule has 0 saturated carbocycles. The Bertz CT molecular complexity index is 2440. The highest BCUT2D eigenvalue weighted by molar-refractivity contribution is 8.00. The summed E-state index contributed by atoms with van der Waals surface area (Å²) in [5.41, 5.74) is 3.05. The van der Waals surface area contributed by atoms with Gasteiger partial charge in [-0.2, -0.15) is 0 Å². The molecule has 0 spiro atoms. The second kappa shape index (κ2) is 15.6. The summed E-state index contributed by atoms with van der Waals surface area (Å²) in [5.74, 6) is -6.75. The maximum absolute atomic E-state index is 14.4. The Labute approximate surface area is 336 Å². The molecule has 0 radical (unpaired) electrons. The number of rotatable bonds is 14. The van der Waals surface area contributed by atoms with Gasteiger partial charge in [-0.3, -0.25) is 29.0 Å². The lowest BCUT2D eigenvalue weighted by atomic mass is 9.84. The smallest absolute Gasteiger partial charge is 0.329 e. The molecule has 0 fully saturated rings. The molecule has 2 N–H and O–H groups in total. The Morgan fingerprint density at radius 3 is 1.22 bits per heavy atom. The predicted octanol–water partition coefficient (Wildman–Crippen LogP) is 6.88. The molecule has 11 nitrogen and oxygen atoms in total. The van der Waals surface area contributed by atoms with E-state index in [0.29, 0.717) is 4.90 Å². The number of benzene rings is 6. The van der Waals surface area contributed by atoms with Crippen molar-refractivity contribution in [3.05, 3.63) is 190 Å². The van der Waals surface area contributed by atoms with Crippen LogP contribution in [0, 0.1) is 0 Å². The minimum absolute atomic E-state index is 0.0226. The first-order valence-corrected chi connectivity index (χ1v) is 19.4. The van der Waals surface area contributed by atoms with Gasteiger partial charge in [-0.25, -0.2) is 9.59 Å². The van der Waals surface area contributed by atoms with Crippen molar-refractivity contribution in [2.24, 2.45) is 0 Å². The van der Waals surface area contributed by atoms with E-state index in [0.717, 1.165) is 27.2 Å². The van der Waals surface area contributed by atoms with Crippen molar-refractivity contribution in [2.75, 3.05) is 12.4 Å². The minimum Gasteiger partial charge on any atom is -0.480 e. The third-order valence-corrected chi connectivity index (χ3v) is 12.2. The van der Waals surface area contributed by atoms with Crippen molar-refractivity contribution < 1.29 is 43.7 Å². The van der Waals surface area contributed by atoms with Crippen molar-refractivity contribution in [3.63, 3.8) is 0 Å². The summed E-state index contributed by atoms with van der Waals surface area (Å²) in [6, 6.07) is 39.7. The Morgan fingerprint density at radius 2 is 0.862 bits per heavy atom. The van der Waals surface area contributed by atoms with E-state index in [2.05, 4.69) is 0 Å². The molecule has 0 unspecified atom stereocenters. The topological polar surface area (TPSA) is 159 Å². The molecular weight excluding hydrogens is 757 g/mol. The van der Waals surface area contributed by atoms with E-state index in [1.54, 1.807) is 24.3 Å². The molecule has 0 bridgehead atoms. The predicted molar refractivity (Wildman–Crippen MR) is 216 cm³/mol. The first-order chi connectivity index (χ1) is 28.1. The Kier molecular flexibility index (Phi) is 10.2. The first-order valence-electron chi connectivity index (χ1n) is 18.4. The van der Waals surface area contributed by atoms with Crippen LogP contribution in [0.1, 0.15) is 63.7 Å². The molecule has 0 aromatic heterocycles. The van der Waals surface area contributed by atoms with Crippen LogP contribution in [0.25, 0.3) is 10.8 Å². The van der Waals surface area contributed by atoms with E-state index >= 15 is 0 Å². The standard InChI is InChI=1S/C46H34N2O9S/c49-40-32-21-23-34-39-35(24-22-33(38(32)39)41(50)47(40)36(44(53)54)26-57-25-28-13-5-1-6-14-28)43(52)48(42(34)51)37(45(55)56)27-58-46(29-15-7-2-8-16-29,30-17-9-3-10-18-30)31-19-11-4-12-20-31/h1-24,36-37H,25-27H2,(H,53,54)(H,55,56)/t36-,37+/m1/s1. The molecule has 2 aliphatic rings. The van der Waals surface area contributed by atoms with Gasteiger partial charge in [0.25, 0.3) is 23.6 Å². The number of amides is 4. The fourth-order valence-electron chi connectivity index (χ4n) is 7.83. The fourth-order valence-corrected chi connectivity index (χ4v) is 9.43. The van der Waals surface area contributed by atoms with E-state index in [1.807, 2.05) is 97.1 Å². The number of aliphatic carboxylic acids is 2. The Balaban J connectivity index is 1.14. The van der Waals surface area contributed by atoms with Crippen LogP contribution in [-0.4, -0.2) is 80.0 Å². The van der Waals surface area contributed by atoms with Gasteiger partial charge in [0, 0.05) is 38.8 Å². The van der Waals surface area contributed by atoms with Crippen LogP contribution >= 0.6 is 11.8 Å². The molecular formula is C46H34N2O9S. The number of carboxylic acids is 2. The van der Waals surface area contributed by atoms with Gasteiger partial charge in [0.15, 0.2) is 6.04 Å². The number of hydrogen-bond acceptors (Lipinski definition) is 8. The van der Waals surface area contributed by atoms with Gasteiger partial charge in [0.05, 0.1) is 18.0 Å². The zero-order valence-electron chi connectivity index (χ0n) is 30.7. The number of imide groups is 2. The largest absolute Gasteiger partial charge is 0.480 e. The summed E-state index contributed by atoms with van der Waals surface area (Å²) in [6.07, 6.45) is 0. The summed E-state index contributed by atoms with van der Waals surface area (Å²) in [6.45, 7) is -0.445. The summed E-state index contributed by atoms with van der Waals surface area (Å²) < 4.78 is 4.69. The van der Waals surface area contributed by atoms with Gasteiger partial charge in [0.1, 0.15) is 6.04 Å². The summed E-state index contributed by atoms with van der Waals surface area (Å²) in [4.78, 5) is 83.9. The SMILES string of the molecule is O=C(O)[C@@H](COCc1ccccc1)N1C(=O)c2ccc3c4c(ccc(c24)C1=O)C(=O)N([C@@H](CSC(c1ccccc1)(c1ccccc1)c1ccccc1)C(=O)O)C3=O.